The third-order valence-electron chi connectivity index (χ3n) is 7.78. The molecule has 1 heterocycles. The van der Waals surface area contributed by atoms with E-state index in [1.54, 1.807) is 7.11 Å². The molecule has 0 unspecified atom stereocenters. The zero-order valence-electron chi connectivity index (χ0n) is 19.4. The van der Waals surface area contributed by atoms with E-state index in [-0.39, 0.29) is 29.9 Å². The summed E-state index contributed by atoms with van der Waals surface area (Å²) < 4.78 is 23.7. The number of amides is 1. The summed E-state index contributed by atoms with van der Waals surface area (Å²) in [6.07, 6.45) is 9.90. The van der Waals surface area contributed by atoms with E-state index in [1.807, 2.05) is 18.3 Å². The predicted molar refractivity (Wildman–Crippen MR) is 127 cm³/mol. The van der Waals surface area contributed by atoms with Crippen LogP contribution in [0.1, 0.15) is 56.9 Å². The normalized spacial score (nSPS) is 26.9. The highest BCUT2D eigenvalue weighted by molar-refractivity contribution is 5.83. The van der Waals surface area contributed by atoms with E-state index in [4.69, 9.17) is 15.2 Å². The third kappa shape index (κ3) is 4.83. The highest BCUT2D eigenvalue weighted by Crippen LogP contribution is 2.58. The molecule has 6 nitrogen and oxygen atoms in total. The van der Waals surface area contributed by atoms with Crippen LogP contribution in [-0.2, 0) is 14.9 Å². The first-order chi connectivity index (χ1) is 16.0. The summed E-state index contributed by atoms with van der Waals surface area (Å²) >= 11 is 0. The molecule has 1 amide bonds. The van der Waals surface area contributed by atoms with Crippen LogP contribution in [0.2, 0.25) is 0 Å². The average Bonchev–Trinajstić information content (AvgIpc) is 2.89. The SMILES string of the molecule is COC1=C(CNC(=O)C23CCC(c4ccc(OC/C(=C/F)CN)cc4)(CC2)CC3)CCC=N1. The topological polar surface area (TPSA) is 85.9 Å². The van der Waals surface area contributed by atoms with E-state index in [0.29, 0.717) is 30.1 Å². The zero-order chi connectivity index (χ0) is 23.3. The van der Waals surface area contributed by atoms with Gasteiger partial charge in [-0.15, -0.1) is 0 Å². The molecule has 0 saturated heterocycles. The standard InChI is InChI=1S/C26H34FN3O3/c1-32-23-20(3-2-14-29-23)17-30-24(31)26-11-8-25(9-12-26,10-13-26)21-4-6-22(7-5-21)33-18-19(15-27)16-28/h4-7,14-15H,2-3,8-13,16-18,28H2,1H3,(H,30,31)/b19-15+. The largest absolute Gasteiger partial charge is 0.489 e. The van der Waals surface area contributed by atoms with Crippen LogP contribution in [0.25, 0.3) is 0 Å². The summed E-state index contributed by atoms with van der Waals surface area (Å²) in [4.78, 5) is 17.5. The molecule has 0 radical (unpaired) electrons. The van der Waals surface area contributed by atoms with E-state index in [1.165, 1.54) is 5.56 Å². The van der Waals surface area contributed by atoms with E-state index in [2.05, 4.69) is 22.4 Å². The molecule has 4 aliphatic rings. The smallest absolute Gasteiger partial charge is 0.226 e. The number of carbonyl (C=O) groups excluding carboxylic acids is 1. The van der Waals surface area contributed by atoms with Crippen molar-refractivity contribution in [1.82, 2.24) is 5.32 Å². The Morgan fingerprint density at radius 1 is 1.18 bits per heavy atom. The van der Waals surface area contributed by atoms with Gasteiger partial charge in [-0.25, -0.2) is 9.38 Å². The lowest BCUT2D eigenvalue weighted by molar-refractivity contribution is -0.137. The second kappa shape index (κ2) is 10.1. The van der Waals surface area contributed by atoms with Crippen molar-refractivity contribution in [3.63, 3.8) is 0 Å². The van der Waals surface area contributed by atoms with Crippen molar-refractivity contribution in [2.75, 3.05) is 26.8 Å². The summed E-state index contributed by atoms with van der Waals surface area (Å²) in [7, 11) is 1.62. The lowest BCUT2D eigenvalue weighted by Gasteiger charge is -2.52. The Labute approximate surface area is 195 Å². The Kier molecular flexibility index (Phi) is 7.17. The molecule has 1 aromatic carbocycles. The van der Waals surface area contributed by atoms with Gasteiger partial charge in [-0.3, -0.25) is 4.79 Å². The molecule has 0 spiro atoms. The number of halogens is 1. The third-order valence-corrected chi connectivity index (χ3v) is 7.78. The molecular weight excluding hydrogens is 421 g/mol. The van der Waals surface area contributed by atoms with Crippen LogP contribution in [0.5, 0.6) is 5.75 Å². The molecule has 7 heteroatoms. The van der Waals surface area contributed by atoms with Gasteiger partial charge in [0.05, 0.1) is 13.4 Å². The van der Waals surface area contributed by atoms with Gasteiger partial charge >= 0.3 is 0 Å². The van der Waals surface area contributed by atoms with Crippen molar-refractivity contribution in [2.24, 2.45) is 16.1 Å². The first-order valence-electron chi connectivity index (χ1n) is 11.8. The van der Waals surface area contributed by atoms with Gasteiger partial charge in [0, 0.05) is 35.9 Å². The first-order valence-corrected chi connectivity index (χ1v) is 11.8. The fraction of sp³-hybridized carbons (Fsp3) is 0.538. The molecule has 0 aromatic heterocycles. The van der Waals surface area contributed by atoms with Gasteiger partial charge in [-0.2, -0.15) is 0 Å². The van der Waals surface area contributed by atoms with Crippen molar-refractivity contribution in [2.45, 2.75) is 56.8 Å². The summed E-state index contributed by atoms with van der Waals surface area (Å²) in [5, 5.41) is 3.19. The fourth-order valence-corrected chi connectivity index (χ4v) is 5.49. The molecule has 5 rings (SSSR count). The van der Waals surface area contributed by atoms with Gasteiger partial charge in [0.15, 0.2) is 0 Å². The monoisotopic (exact) mass is 455 g/mol. The Balaban J connectivity index is 1.35. The number of hydrogen-bond donors (Lipinski definition) is 2. The first kappa shape index (κ1) is 23.5. The number of aliphatic imine (C=N–C) groups is 1. The van der Waals surface area contributed by atoms with Crippen LogP contribution in [0.3, 0.4) is 0 Å². The minimum atomic E-state index is -0.256. The maximum absolute atomic E-state index is 13.2. The average molecular weight is 456 g/mol. The predicted octanol–water partition coefficient (Wildman–Crippen LogP) is 4.31. The van der Waals surface area contributed by atoms with Gasteiger partial charge in [-0.05, 0) is 74.5 Å². The molecule has 0 atom stereocenters. The molecular formula is C26H34FN3O3. The number of benzene rings is 1. The molecule has 178 valence electrons. The van der Waals surface area contributed by atoms with E-state index >= 15 is 0 Å². The molecule has 33 heavy (non-hydrogen) atoms. The molecule has 3 aliphatic carbocycles. The molecule has 3 N–H and O–H groups in total. The molecule has 3 saturated carbocycles. The second-order valence-electron chi connectivity index (χ2n) is 9.49. The summed E-state index contributed by atoms with van der Waals surface area (Å²) in [5.74, 6) is 1.52. The van der Waals surface area contributed by atoms with Crippen molar-refractivity contribution in [3.05, 3.63) is 53.2 Å². The quantitative estimate of drug-likeness (QED) is 0.581. The van der Waals surface area contributed by atoms with E-state index in [9.17, 15) is 9.18 Å². The van der Waals surface area contributed by atoms with Crippen LogP contribution >= 0.6 is 0 Å². The zero-order valence-corrected chi connectivity index (χ0v) is 19.4. The highest BCUT2D eigenvalue weighted by Gasteiger charge is 2.52. The number of ether oxygens (including phenoxy) is 2. The van der Waals surface area contributed by atoms with Gasteiger partial charge in [0.2, 0.25) is 11.8 Å². The number of nitrogens with zero attached hydrogens (tertiary/aromatic N) is 1. The van der Waals surface area contributed by atoms with Crippen molar-refractivity contribution < 1.29 is 18.7 Å². The Morgan fingerprint density at radius 2 is 1.88 bits per heavy atom. The second-order valence-corrected chi connectivity index (χ2v) is 9.49. The Hall–Kier alpha value is -2.67. The molecule has 1 aromatic rings. The maximum atomic E-state index is 13.2. The number of nitrogens with two attached hydrogens (primary N) is 1. The number of rotatable bonds is 9. The lowest BCUT2D eigenvalue weighted by atomic mass is 9.51. The minimum Gasteiger partial charge on any atom is -0.489 e. The van der Waals surface area contributed by atoms with Gasteiger partial charge in [0.25, 0.3) is 0 Å². The molecule has 1 aliphatic heterocycles. The van der Waals surface area contributed by atoms with Gasteiger partial charge < -0.3 is 20.5 Å². The van der Waals surface area contributed by atoms with E-state index in [0.717, 1.165) is 56.9 Å². The van der Waals surface area contributed by atoms with Crippen LogP contribution in [0.15, 0.2) is 52.6 Å². The maximum Gasteiger partial charge on any atom is 0.226 e. The summed E-state index contributed by atoms with van der Waals surface area (Å²) in [5.41, 5.74) is 8.15. The Bertz CT molecular complexity index is 928. The van der Waals surface area contributed by atoms with Crippen LogP contribution in [-0.4, -0.2) is 38.9 Å². The number of nitrogens with one attached hydrogen (secondary N) is 1. The lowest BCUT2D eigenvalue weighted by Crippen LogP contribution is -2.52. The number of methoxy groups -OCH3 is 1. The Morgan fingerprint density at radius 3 is 2.48 bits per heavy atom. The van der Waals surface area contributed by atoms with Crippen LogP contribution < -0.4 is 15.8 Å². The minimum absolute atomic E-state index is 0.131. The molecule has 3 fully saturated rings. The van der Waals surface area contributed by atoms with Crippen molar-refractivity contribution in [3.8, 4) is 5.75 Å². The van der Waals surface area contributed by atoms with Crippen LogP contribution in [0, 0.1) is 5.41 Å². The van der Waals surface area contributed by atoms with Crippen molar-refractivity contribution >= 4 is 12.1 Å². The number of hydrogen-bond acceptors (Lipinski definition) is 5. The number of carbonyl (C=O) groups is 1. The molecule has 2 bridgehead atoms. The van der Waals surface area contributed by atoms with Crippen LogP contribution in [0.4, 0.5) is 4.39 Å². The highest BCUT2D eigenvalue weighted by atomic mass is 19.1. The summed E-state index contributed by atoms with van der Waals surface area (Å²) in [6, 6.07) is 8.15. The summed E-state index contributed by atoms with van der Waals surface area (Å²) in [6.45, 7) is 0.813. The van der Waals surface area contributed by atoms with Gasteiger partial charge in [0.1, 0.15) is 12.4 Å². The van der Waals surface area contributed by atoms with E-state index < -0.39 is 0 Å². The number of fused-ring (bicyclic) bond motifs is 3. The fourth-order valence-electron chi connectivity index (χ4n) is 5.49. The van der Waals surface area contributed by atoms with Crippen molar-refractivity contribution in [1.29, 1.82) is 0 Å². The van der Waals surface area contributed by atoms with Gasteiger partial charge in [-0.1, -0.05) is 12.1 Å².